The minimum atomic E-state index is -0.0675. The molecule has 96 valence electrons. The van der Waals surface area contributed by atoms with Crippen molar-refractivity contribution in [3.05, 3.63) is 24.3 Å². The highest BCUT2D eigenvalue weighted by molar-refractivity contribution is 5.74. The van der Waals surface area contributed by atoms with E-state index in [-0.39, 0.29) is 5.60 Å². The average Bonchev–Trinajstić information content (AvgIpc) is 2.69. The van der Waals surface area contributed by atoms with Crippen LogP contribution in [-0.4, -0.2) is 23.2 Å². The molecule has 4 heteroatoms. The zero-order valence-electron chi connectivity index (χ0n) is 10.8. The molecule has 1 aliphatic heterocycles. The van der Waals surface area contributed by atoms with Gasteiger partial charge in [-0.3, -0.25) is 0 Å². The molecule has 0 bridgehead atoms. The maximum Gasteiger partial charge on any atom is 0.295 e. The number of para-hydroxylation sites is 2. The molecule has 1 aromatic heterocycles. The van der Waals surface area contributed by atoms with E-state index in [2.05, 4.69) is 24.1 Å². The van der Waals surface area contributed by atoms with Crippen LogP contribution in [0.25, 0.3) is 11.1 Å². The normalized spacial score (nSPS) is 23.1. The second-order valence-electron chi connectivity index (χ2n) is 5.43. The summed E-state index contributed by atoms with van der Waals surface area (Å²) >= 11 is 0. The Morgan fingerprint density at radius 2 is 2.17 bits per heavy atom. The minimum Gasteiger partial charge on any atom is -0.424 e. The zero-order chi connectivity index (χ0) is 12.6. The van der Waals surface area contributed by atoms with Gasteiger partial charge in [0.15, 0.2) is 5.58 Å². The van der Waals surface area contributed by atoms with E-state index in [0.717, 1.165) is 30.5 Å². The van der Waals surface area contributed by atoms with Gasteiger partial charge in [0, 0.05) is 12.6 Å². The third kappa shape index (κ3) is 2.34. The summed E-state index contributed by atoms with van der Waals surface area (Å²) in [4.78, 5) is 4.44. The molecule has 0 amide bonds. The van der Waals surface area contributed by atoms with Crippen molar-refractivity contribution in [1.82, 2.24) is 4.98 Å². The van der Waals surface area contributed by atoms with E-state index in [1.165, 1.54) is 0 Å². The number of anilines is 1. The Kier molecular flexibility index (Phi) is 2.74. The molecule has 0 saturated carbocycles. The molecule has 1 saturated heterocycles. The lowest BCUT2D eigenvalue weighted by Gasteiger charge is -2.35. The topological polar surface area (TPSA) is 47.3 Å². The van der Waals surface area contributed by atoms with Crippen LogP contribution in [0.1, 0.15) is 26.7 Å². The number of benzene rings is 1. The fourth-order valence-electron chi connectivity index (χ4n) is 2.46. The Labute approximate surface area is 106 Å². The Hall–Kier alpha value is -1.55. The molecular weight excluding hydrogens is 228 g/mol. The molecule has 18 heavy (non-hydrogen) atoms. The molecule has 1 aliphatic rings. The maximum atomic E-state index is 5.70. The predicted octanol–water partition coefficient (Wildman–Crippen LogP) is 3.20. The number of hydrogen-bond donors (Lipinski definition) is 1. The number of hydrogen-bond acceptors (Lipinski definition) is 4. The van der Waals surface area contributed by atoms with Crippen molar-refractivity contribution in [2.24, 2.45) is 0 Å². The summed E-state index contributed by atoms with van der Waals surface area (Å²) in [5, 5.41) is 3.37. The highest BCUT2D eigenvalue weighted by Gasteiger charge is 2.29. The molecule has 2 aromatic rings. The number of rotatable bonds is 2. The molecule has 0 radical (unpaired) electrons. The Morgan fingerprint density at radius 1 is 1.33 bits per heavy atom. The van der Waals surface area contributed by atoms with Gasteiger partial charge in [0.05, 0.1) is 5.60 Å². The minimum absolute atomic E-state index is 0.0675. The van der Waals surface area contributed by atoms with Crippen LogP contribution < -0.4 is 5.32 Å². The molecule has 0 aliphatic carbocycles. The lowest BCUT2D eigenvalue weighted by molar-refractivity contribution is -0.0555. The number of nitrogens with zero attached hydrogens (tertiary/aromatic N) is 1. The summed E-state index contributed by atoms with van der Waals surface area (Å²) in [6.07, 6.45) is 1.95. The number of fused-ring (bicyclic) bond motifs is 1. The van der Waals surface area contributed by atoms with Crippen LogP contribution in [0.15, 0.2) is 28.7 Å². The second kappa shape index (κ2) is 4.28. The largest absolute Gasteiger partial charge is 0.424 e. The van der Waals surface area contributed by atoms with Gasteiger partial charge in [-0.05, 0) is 38.8 Å². The maximum absolute atomic E-state index is 5.70. The summed E-state index contributed by atoms with van der Waals surface area (Å²) in [7, 11) is 0. The average molecular weight is 246 g/mol. The van der Waals surface area contributed by atoms with Crippen molar-refractivity contribution in [1.29, 1.82) is 0 Å². The van der Waals surface area contributed by atoms with Crippen molar-refractivity contribution >= 4 is 17.1 Å². The number of ether oxygens (including phenoxy) is 1. The molecule has 1 atom stereocenters. The van der Waals surface area contributed by atoms with Crippen LogP contribution in [0.3, 0.4) is 0 Å². The first-order valence-corrected chi connectivity index (χ1v) is 6.38. The summed E-state index contributed by atoms with van der Waals surface area (Å²) in [6, 6.07) is 8.78. The van der Waals surface area contributed by atoms with E-state index in [4.69, 9.17) is 9.15 Å². The van der Waals surface area contributed by atoms with Gasteiger partial charge < -0.3 is 14.5 Å². The van der Waals surface area contributed by atoms with Crippen LogP contribution in [0.2, 0.25) is 0 Å². The second-order valence-corrected chi connectivity index (χ2v) is 5.43. The fraction of sp³-hybridized carbons (Fsp3) is 0.500. The summed E-state index contributed by atoms with van der Waals surface area (Å²) in [6.45, 7) is 5.02. The molecule has 1 aromatic carbocycles. The fourth-order valence-corrected chi connectivity index (χ4v) is 2.46. The number of oxazole rings is 1. The third-order valence-electron chi connectivity index (χ3n) is 3.32. The van der Waals surface area contributed by atoms with Gasteiger partial charge in [0.1, 0.15) is 5.52 Å². The van der Waals surface area contributed by atoms with Crippen molar-refractivity contribution in [2.75, 3.05) is 11.9 Å². The van der Waals surface area contributed by atoms with Crippen LogP contribution in [0, 0.1) is 0 Å². The third-order valence-corrected chi connectivity index (χ3v) is 3.32. The van der Waals surface area contributed by atoms with E-state index >= 15 is 0 Å². The van der Waals surface area contributed by atoms with Gasteiger partial charge in [-0.15, -0.1) is 0 Å². The molecular formula is C14H18N2O2. The molecule has 1 unspecified atom stereocenters. The molecule has 1 N–H and O–H groups in total. The van der Waals surface area contributed by atoms with Crippen molar-refractivity contribution in [3.63, 3.8) is 0 Å². The first kappa shape index (κ1) is 11.5. The lowest BCUT2D eigenvalue weighted by Crippen LogP contribution is -2.40. The van der Waals surface area contributed by atoms with Gasteiger partial charge in [-0.1, -0.05) is 12.1 Å². The van der Waals surface area contributed by atoms with Crippen LogP contribution in [0.4, 0.5) is 6.01 Å². The summed E-state index contributed by atoms with van der Waals surface area (Å²) < 4.78 is 11.4. The molecule has 1 fully saturated rings. The number of nitrogens with one attached hydrogen (secondary N) is 1. The van der Waals surface area contributed by atoms with Crippen LogP contribution in [0.5, 0.6) is 0 Å². The van der Waals surface area contributed by atoms with Crippen LogP contribution >= 0.6 is 0 Å². The smallest absolute Gasteiger partial charge is 0.295 e. The highest BCUT2D eigenvalue weighted by Crippen LogP contribution is 2.27. The number of aromatic nitrogens is 1. The predicted molar refractivity (Wildman–Crippen MR) is 70.7 cm³/mol. The zero-order valence-corrected chi connectivity index (χ0v) is 10.8. The first-order chi connectivity index (χ1) is 8.62. The van der Waals surface area contributed by atoms with E-state index in [1.807, 2.05) is 24.3 Å². The monoisotopic (exact) mass is 246 g/mol. The van der Waals surface area contributed by atoms with Crippen molar-refractivity contribution in [3.8, 4) is 0 Å². The van der Waals surface area contributed by atoms with Crippen molar-refractivity contribution in [2.45, 2.75) is 38.3 Å². The first-order valence-electron chi connectivity index (χ1n) is 6.38. The van der Waals surface area contributed by atoms with E-state index < -0.39 is 0 Å². The molecule has 4 nitrogen and oxygen atoms in total. The van der Waals surface area contributed by atoms with Crippen LogP contribution in [-0.2, 0) is 4.74 Å². The van der Waals surface area contributed by atoms with Gasteiger partial charge in [-0.2, -0.15) is 4.98 Å². The Bertz CT molecular complexity index is 514. The summed E-state index contributed by atoms with van der Waals surface area (Å²) in [5.74, 6) is 0. The Morgan fingerprint density at radius 3 is 2.94 bits per heavy atom. The van der Waals surface area contributed by atoms with E-state index in [1.54, 1.807) is 0 Å². The van der Waals surface area contributed by atoms with E-state index in [0.29, 0.717) is 12.1 Å². The quantitative estimate of drug-likeness (QED) is 0.884. The Balaban J connectivity index is 1.76. The van der Waals surface area contributed by atoms with Gasteiger partial charge in [0.25, 0.3) is 6.01 Å². The van der Waals surface area contributed by atoms with Gasteiger partial charge in [-0.25, -0.2) is 0 Å². The lowest BCUT2D eigenvalue weighted by atomic mass is 9.94. The summed E-state index contributed by atoms with van der Waals surface area (Å²) in [5.41, 5.74) is 1.65. The van der Waals surface area contributed by atoms with Gasteiger partial charge in [0.2, 0.25) is 0 Å². The standard InChI is InChI=1S/C14H18N2O2/c1-14(2)9-10(7-8-17-14)15-13-16-11-5-3-4-6-12(11)18-13/h3-6,10H,7-9H2,1-2H3,(H,15,16). The molecule has 0 spiro atoms. The SMILES string of the molecule is CC1(C)CC(Nc2nc3ccccc3o2)CCO1. The molecule has 2 heterocycles. The van der Waals surface area contributed by atoms with Crippen molar-refractivity contribution < 1.29 is 9.15 Å². The molecule has 3 rings (SSSR count). The van der Waals surface area contributed by atoms with Gasteiger partial charge >= 0.3 is 0 Å². The van der Waals surface area contributed by atoms with E-state index in [9.17, 15) is 0 Å². The highest BCUT2D eigenvalue weighted by atomic mass is 16.5.